The number of hydrogen-bond donors (Lipinski definition) is 4. The molecule has 0 saturated carbocycles. The minimum Gasteiger partial charge on any atom is -0.477 e. The van der Waals surface area contributed by atoms with Gasteiger partial charge in [0.2, 0.25) is 0 Å². The summed E-state index contributed by atoms with van der Waals surface area (Å²) in [5.74, 6) is -1.29. The van der Waals surface area contributed by atoms with Crippen LogP contribution >= 0.6 is 0 Å². The highest BCUT2D eigenvalue weighted by Gasteiger charge is 2.17. The maximum Gasteiger partial charge on any atom is 0.631 e. The molecule has 1 rings (SSSR count). The molecule has 8 nitrogen and oxygen atoms in total. The average molecular weight is 229 g/mol. The first kappa shape index (κ1) is 14.0. The number of rotatable bonds is 2. The number of nitro groups is 1. The molecule has 0 spiro atoms. The average Bonchev–Trinajstić information content (AvgIpc) is 2.16. The van der Waals surface area contributed by atoms with Crippen LogP contribution in [-0.2, 0) is 0 Å². The highest BCUT2D eigenvalue weighted by molar-refractivity contribution is 6.30. The summed E-state index contributed by atoms with van der Waals surface area (Å²) in [5.41, 5.74) is -0.674. The van der Waals surface area contributed by atoms with Crippen LogP contribution in [0.15, 0.2) is 24.3 Å². The number of benzene rings is 1. The second-order valence-electron chi connectivity index (χ2n) is 2.43. The second kappa shape index (κ2) is 6.51. The van der Waals surface area contributed by atoms with Crippen molar-refractivity contribution in [2.24, 2.45) is 0 Å². The lowest BCUT2D eigenvalue weighted by atomic mass is 10.2. The number of carbonyl (C=O) groups is 1. The number of hydrogen-bond acceptors (Lipinski definition) is 6. The third kappa shape index (κ3) is 5.05. The van der Waals surface area contributed by atoms with E-state index in [1.54, 1.807) is 0 Å². The van der Waals surface area contributed by atoms with E-state index in [1.807, 2.05) is 0 Å². The Morgan fingerprint density at radius 2 is 1.69 bits per heavy atom. The van der Waals surface area contributed by atoms with Gasteiger partial charge in [0.15, 0.2) is 0 Å². The Bertz CT molecular complexity index is 345. The number of para-hydroxylation sites is 1. The summed E-state index contributed by atoms with van der Waals surface area (Å²) in [7, 11) is -2.17. The molecule has 0 aromatic heterocycles. The molecule has 1 aromatic rings. The summed E-state index contributed by atoms with van der Waals surface area (Å²) in [6.07, 6.45) is 0. The molecule has 86 valence electrons. The van der Waals surface area contributed by atoms with Crippen LogP contribution in [-0.4, -0.2) is 38.4 Å². The predicted molar refractivity (Wildman–Crippen MR) is 52.5 cm³/mol. The maximum atomic E-state index is 10.4. The van der Waals surface area contributed by atoms with Gasteiger partial charge in [-0.25, -0.2) is 4.79 Å². The molecule has 0 saturated heterocycles. The van der Waals surface area contributed by atoms with Crippen LogP contribution in [0.4, 0.5) is 5.69 Å². The van der Waals surface area contributed by atoms with E-state index in [4.69, 9.17) is 20.2 Å². The van der Waals surface area contributed by atoms with E-state index in [0.29, 0.717) is 0 Å². The van der Waals surface area contributed by atoms with Gasteiger partial charge in [-0.3, -0.25) is 10.1 Å². The van der Waals surface area contributed by atoms with E-state index in [-0.39, 0.29) is 11.3 Å². The van der Waals surface area contributed by atoms with Crippen molar-refractivity contribution in [3.05, 3.63) is 39.9 Å². The summed E-state index contributed by atoms with van der Waals surface area (Å²) in [6, 6.07) is 5.21. The highest BCUT2D eigenvalue weighted by Crippen LogP contribution is 2.16. The first-order chi connectivity index (χ1) is 7.36. The number of nitrogens with zero attached hydrogens (tertiary/aromatic N) is 1. The van der Waals surface area contributed by atoms with Crippen LogP contribution < -0.4 is 0 Å². The Kier molecular flexibility index (Phi) is 5.71. The normalized spacial score (nSPS) is 8.69. The van der Waals surface area contributed by atoms with Gasteiger partial charge < -0.3 is 20.2 Å². The van der Waals surface area contributed by atoms with Crippen LogP contribution in [0.5, 0.6) is 0 Å². The molecule has 0 fully saturated rings. The first-order valence-corrected chi connectivity index (χ1v) is 3.87. The fraction of sp³-hybridized carbons (Fsp3) is 0. The van der Waals surface area contributed by atoms with Crippen molar-refractivity contribution >= 4 is 19.0 Å². The third-order valence-electron chi connectivity index (χ3n) is 1.33. The Morgan fingerprint density at radius 1 is 1.25 bits per heavy atom. The fourth-order valence-electron chi connectivity index (χ4n) is 0.814. The SMILES string of the molecule is O=C(O)c1ccccc1[N+](=O)[O-].OB(O)O. The molecule has 0 aliphatic rings. The summed E-state index contributed by atoms with van der Waals surface area (Å²) < 4.78 is 0. The van der Waals surface area contributed by atoms with Crippen molar-refractivity contribution in [2.45, 2.75) is 0 Å². The number of aromatic carboxylic acids is 1. The van der Waals surface area contributed by atoms with Gasteiger partial charge in [-0.1, -0.05) is 12.1 Å². The lowest BCUT2D eigenvalue weighted by Gasteiger charge is -1.94. The molecule has 0 unspecified atom stereocenters. The van der Waals surface area contributed by atoms with Gasteiger partial charge in [-0.05, 0) is 6.07 Å². The van der Waals surface area contributed by atoms with E-state index >= 15 is 0 Å². The quantitative estimate of drug-likeness (QED) is 0.296. The topological polar surface area (TPSA) is 141 Å². The van der Waals surface area contributed by atoms with Crippen LogP contribution in [0.2, 0.25) is 0 Å². The fourth-order valence-corrected chi connectivity index (χ4v) is 0.814. The molecule has 0 atom stereocenters. The minimum atomic E-state index is -2.17. The van der Waals surface area contributed by atoms with Crippen molar-refractivity contribution in [3.63, 3.8) is 0 Å². The monoisotopic (exact) mass is 229 g/mol. The zero-order valence-electron chi connectivity index (χ0n) is 7.85. The van der Waals surface area contributed by atoms with Crippen LogP contribution in [0, 0.1) is 10.1 Å². The largest absolute Gasteiger partial charge is 0.631 e. The van der Waals surface area contributed by atoms with Crippen LogP contribution in [0.25, 0.3) is 0 Å². The Morgan fingerprint density at radius 3 is 2.00 bits per heavy atom. The van der Waals surface area contributed by atoms with Gasteiger partial charge in [-0.2, -0.15) is 0 Å². The van der Waals surface area contributed by atoms with Crippen molar-refractivity contribution in [1.82, 2.24) is 0 Å². The Hall–Kier alpha value is -1.97. The first-order valence-electron chi connectivity index (χ1n) is 3.87. The summed E-state index contributed by atoms with van der Waals surface area (Å²) in [5, 5.41) is 40.3. The van der Waals surface area contributed by atoms with Crippen molar-refractivity contribution < 1.29 is 29.9 Å². The van der Waals surface area contributed by atoms with Gasteiger partial charge in [0.25, 0.3) is 5.69 Å². The van der Waals surface area contributed by atoms with Gasteiger partial charge in [-0.15, -0.1) is 0 Å². The molecular formula is C7H8BNO7. The van der Waals surface area contributed by atoms with Crippen molar-refractivity contribution in [2.75, 3.05) is 0 Å². The summed E-state index contributed by atoms with van der Waals surface area (Å²) in [4.78, 5) is 20.0. The molecule has 0 amide bonds. The summed E-state index contributed by atoms with van der Waals surface area (Å²) >= 11 is 0. The molecule has 0 radical (unpaired) electrons. The molecule has 0 aliphatic heterocycles. The van der Waals surface area contributed by atoms with Crippen LogP contribution in [0.1, 0.15) is 10.4 Å². The molecule has 0 aliphatic carbocycles. The smallest absolute Gasteiger partial charge is 0.477 e. The van der Waals surface area contributed by atoms with Crippen molar-refractivity contribution in [1.29, 1.82) is 0 Å². The molecule has 1 aromatic carbocycles. The molecule has 4 N–H and O–H groups in total. The highest BCUT2D eigenvalue weighted by atomic mass is 16.6. The lowest BCUT2D eigenvalue weighted by Crippen LogP contribution is -2.07. The van der Waals surface area contributed by atoms with Gasteiger partial charge in [0.1, 0.15) is 5.56 Å². The second-order valence-corrected chi connectivity index (χ2v) is 2.43. The standard InChI is InChI=1S/C7H5NO4.BH3O3/c9-7(10)5-3-1-2-4-6(5)8(11)12;2-1(3)4/h1-4H,(H,9,10);2-4H. The lowest BCUT2D eigenvalue weighted by molar-refractivity contribution is -0.385. The zero-order chi connectivity index (χ0) is 12.7. The molecule has 0 bridgehead atoms. The minimum absolute atomic E-state index is 0.289. The van der Waals surface area contributed by atoms with Crippen LogP contribution in [0.3, 0.4) is 0 Å². The van der Waals surface area contributed by atoms with Gasteiger partial charge in [0, 0.05) is 6.07 Å². The maximum absolute atomic E-state index is 10.4. The number of carboxylic acid groups (broad SMARTS) is 1. The van der Waals surface area contributed by atoms with Gasteiger partial charge in [0.05, 0.1) is 4.92 Å². The number of carboxylic acids is 1. The van der Waals surface area contributed by atoms with E-state index < -0.39 is 18.2 Å². The zero-order valence-corrected chi connectivity index (χ0v) is 7.85. The predicted octanol–water partition coefficient (Wildman–Crippen LogP) is -0.759. The Balaban J connectivity index is 0.000000487. The van der Waals surface area contributed by atoms with E-state index in [2.05, 4.69) is 0 Å². The van der Waals surface area contributed by atoms with E-state index in [1.165, 1.54) is 18.2 Å². The molecule has 16 heavy (non-hydrogen) atoms. The number of nitro benzene ring substituents is 1. The van der Waals surface area contributed by atoms with Crippen molar-refractivity contribution in [3.8, 4) is 0 Å². The van der Waals surface area contributed by atoms with E-state index in [9.17, 15) is 14.9 Å². The van der Waals surface area contributed by atoms with Gasteiger partial charge >= 0.3 is 13.3 Å². The Labute approximate surface area is 89.7 Å². The molecular weight excluding hydrogens is 221 g/mol. The molecule has 9 heteroatoms. The molecule has 0 heterocycles. The third-order valence-corrected chi connectivity index (χ3v) is 1.33. The van der Waals surface area contributed by atoms with E-state index in [0.717, 1.165) is 6.07 Å². The summed E-state index contributed by atoms with van der Waals surface area (Å²) in [6.45, 7) is 0.